The van der Waals surface area contributed by atoms with E-state index >= 15 is 0 Å². The Morgan fingerprint density at radius 3 is 3.00 bits per heavy atom. The van der Waals surface area contributed by atoms with Gasteiger partial charge in [-0.25, -0.2) is 4.98 Å². The molecule has 1 aromatic heterocycles. The van der Waals surface area contributed by atoms with Crippen LogP contribution in [0.4, 0.5) is 0 Å². The van der Waals surface area contributed by atoms with E-state index < -0.39 is 0 Å². The van der Waals surface area contributed by atoms with Gasteiger partial charge < -0.3 is 10.1 Å². The lowest BCUT2D eigenvalue weighted by Crippen LogP contribution is -2.11. The van der Waals surface area contributed by atoms with Crippen molar-refractivity contribution in [3.05, 3.63) is 23.2 Å². The van der Waals surface area contributed by atoms with Gasteiger partial charge in [0, 0.05) is 0 Å². The van der Waals surface area contributed by atoms with Crippen LogP contribution in [0.3, 0.4) is 0 Å². The van der Waals surface area contributed by atoms with Crippen molar-refractivity contribution in [1.29, 1.82) is 0 Å². The predicted molar refractivity (Wildman–Crippen MR) is 68.3 cm³/mol. The van der Waals surface area contributed by atoms with Crippen molar-refractivity contribution in [2.75, 3.05) is 13.7 Å². The van der Waals surface area contributed by atoms with Gasteiger partial charge in [0.1, 0.15) is 10.8 Å². The number of nitrogens with zero attached hydrogens (tertiary/aromatic N) is 1. The Kier molecular flexibility index (Phi) is 3.41. The van der Waals surface area contributed by atoms with Gasteiger partial charge in [0.05, 0.1) is 22.9 Å². The molecular formula is C12H16N2OS. The highest BCUT2D eigenvalue weighted by molar-refractivity contribution is 7.18. The molecule has 0 saturated heterocycles. The van der Waals surface area contributed by atoms with Gasteiger partial charge in [-0.3, -0.25) is 0 Å². The van der Waals surface area contributed by atoms with Crippen molar-refractivity contribution >= 4 is 21.6 Å². The number of nitrogens with one attached hydrogen (secondary N) is 1. The first-order valence-electron chi connectivity index (χ1n) is 5.45. The van der Waals surface area contributed by atoms with Gasteiger partial charge in [0.15, 0.2) is 0 Å². The molecule has 3 nitrogen and oxygen atoms in total. The van der Waals surface area contributed by atoms with Crippen molar-refractivity contribution in [3.8, 4) is 5.75 Å². The molecule has 1 aromatic carbocycles. The minimum atomic E-state index is 0.299. The first-order valence-corrected chi connectivity index (χ1v) is 6.26. The monoisotopic (exact) mass is 236 g/mol. The van der Waals surface area contributed by atoms with Gasteiger partial charge in [0.25, 0.3) is 0 Å². The third-order valence-electron chi connectivity index (χ3n) is 2.49. The molecule has 0 radical (unpaired) electrons. The van der Waals surface area contributed by atoms with Crippen LogP contribution in [-0.2, 0) is 0 Å². The summed E-state index contributed by atoms with van der Waals surface area (Å²) in [5.74, 6) is 0.919. The number of hydrogen-bond acceptors (Lipinski definition) is 4. The summed E-state index contributed by atoms with van der Waals surface area (Å²) < 4.78 is 6.66. The molecule has 4 heteroatoms. The zero-order chi connectivity index (χ0) is 11.5. The number of rotatable bonds is 4. The zero-order valence-corrected chi connectivity index (χ0v) is 10.6. The van der Waals surface area contributed by atoms with E-state index in [0.29, 0.717) is 12.6 Å². The van der Waals surface area contributed by atoms with E-state index in [4.69, 9.17) is 4.74 Å². The van der Waals surface area contributed by atoms with E-state index in [1.54, 1.807) is 11.3 Å². The largest absolute Gasteiger partial charge is 0.494 e. The van der Waals surface area contributed by atoms with Gasteiger partial charge in [0.2, 0.25) is 0 Å². The molecule has 0 fully saturated rings. The summed E-state index contributed by atoms with van der Waals surface area (Å²) in [7, 11) is 1.95. The van der Waals surface area contributed by atoms with E-state index in [9.17, 15) is 0 Å². The quantitative estimate of drug-likeness (QED) is 0.886. The maximum atomic E-state index is 5.47. The Balaban J connectivity index is 2.38. The van der Waals surface area contributed by atoms with E-state index in [1.165, 1.54) is 4.70 Å². The van der Waals surface area contributed by atoms with E-state index in [0.717, 1.165) is 16.3 Å². The third kappa shape index (κ3) is 2.18. The van der Waals surface area contributed by atoms with Gasteiger partial charge in [-0.15, -0.1) is 11.3 Å². The number of benzene rings is 1. The topological polar surface area (TPSA) is 34.1 Å². The van der Waals surface area contributed by atoms with Gasteiger partial charge in [-0.1, -0.05) is 0 Å². The molecule has 1 N–H and O–H groups in total. The molecule has 16 heavy (non-hydrogen) atoms. The molecule has 2 rings (SSSR count). The van der Waals surface area contributed by atoms with Crippen LogP contribution in [0.25, 0.3) is 10.2 Å². The fourth-order valence-corrected chi connectivity index (χ4v) is 2.55. The molecule has 0 aliphatic heterocycles. The molecule has 0 spiro atoms. The molecule has 0 saturated carbocycles. The Morgan fingerprint density at radius 1 is 1.50 bits per heavy atom. The predicted octanol–water partition coefficient (Wildman–Crippen LogP) is 2.98. The van der Waals surface area contributed by atoms with Crippen LogP contribution in [0.2, 0.25) is 0 Å². The lowest BCUT2D eigenvalue weighted by Gasteiger charge is -2.03. The molecule has 0 bridgehead atoms. The van der Waals surface area contributed by atoms with Crippen molar-refractivity contribution in [3.63, 3.8) is 0 Å². The minimum absolute atomic E-state index is 0.299. The van der Waals surface area contributed by atoms with Crippen LogP contribution in [-0.4, -0.2) is 18.6 Å². The Bertz CT molecular complexity index is 481. The number of hydrogen-bond donors (Lipinski definition) is 1. The van der Waals surface area contributed by atoms with E-state index in [2.05, 4.69) is 23.3 Å². The van der Waals surface area contributed by atoms with Crippen LogP contribution in [0.5, 0.6) is 5.75 Å². The maximum Gasteiger partial charge on any atom is 0.120 e. The van der Waals surface area contributed by atoms with Crippen LogP contribution in [0, 0.1) is 0 Å². The van der Waals surface area contributed by atoms with Crippen molar-refractivity contribution in [2.24, 2.45) is 0 Å². The molecule has 0 amide bonds. The zero-order valence-electron chi connectivity index (χ0n) is 9.78. The minimum Gasteiger partial charge on any atom is -0.494 e. The van der Waals surface area contributed by atoms with Gasteiger partial charge in [-0.05, 0) is 39.1 Å². The number of thiazole rings is 1. The highest BCUT2D eigenvalue weighted by Gasteiger charge is 2.09. The Morgan fingerprint density at radius 2 is 2.31 bits per heavy atom. The van der Waals surface area contributed by atoms with Crippen LogP contribution >= 0.6 is 11.3 Å². The van der Waals surface area contributed by atoms with Gasteiger partial charge in [-0.2, -0.15) is 0 Å². The summed E-state index contributed by atoms with van der Waals surface area (Å²) in [5.41, 5.74) is 1.05. The van der Waals surface area contributed by atoms with Gasteiger partial charge >= 0.3 is 0 Å². The SMILES string of the molecule is CCOc1ccc2nc(C(C)NC)sc2c1. The highest BCUT2D eigenvalue weighted by atomic mass is 32.1. The second kappa shape index (κ2) is 4.80. The second-order valence-corrected chi connectivity index (χ2v) is 4.69. The summed E-state index contributed by atoms with van der Waals surface area (Å²) in [6.07, 6.45) is 0. The Hall–Kier alpha value is -1.13. The molecule has 1 heterocycles. The number of aromatic nitrogens is 1. The van der Waals surface area contributed by atoms with E-state index in [-0.39, 0.29) is 0 Å². The Labute approximate surface area is 99.5 Å². The molecule has 2 aromatic rings. The maximum absolute atomic E-state index is 5.47. The standard InChI is InChI=1S/C12H16N2OS/c1-4-15-9-5-6-10-11(7-9)16-12(14-10)8(2)13-3/h5-8,13H,4H2,1-3H3. The molecular weight excluding hydrogens is 220 g/mol. The molecule has 86 valence electrons. The fraction of sp³-hybridized carbons (Fsp3) is 0.417. The number of fused-ring (bicyclic) bond motifs is 1. The highest BCUT2D eigenvalue weighted by Crippen LogP contribution is 2.29. The molecule has 0 aliphatic carbocycles. The summed E-state index contributed by atoms with van der Waals surface area (Å²) in [6, 6.07) is 6.35. The summed E-state index contributed by atoms with van der Waals surface area (Å²) in [6.45, 7) is 4.80. The molecule has 1 atom stereocenters. The fourth-order valence-electron chi connectivity index (χ4n) is 1.49. The first-order chi connectivity index (χ1) is 7.74. The molecule has 1 unspecified atom stereocenters. The lowest BCUT2D eigenvalue weighted by molar-refractivity contribution is 0.341. The van der Waals surface area contributed by atoms with Crippen LogP contribution in [0.15, 0.2) is 18.2 Å². The summed E-state index contributed by atoms with van der Waals surface area (Å²) in [5, 5.41) is 4.32. The van der Waals surface area contributed by atoms with Crippen molar-refractivity contribution in [2.45, 2.75) is 19.9 Å². The summed E-state index contributed by atoms with van der Waals surface area (Å²) >= 11 is 1.72. The average molecular weight is 236 g/mol. The lowest BCUT2D eigenvalue weighted by atomic mass is 10.3. The number of ether oxygens (including phenoxy) is 1. The average Bonchev–Trinajstić information content (AvgIpc) is 2.71. The van der Waals surface area contributed by atoms with Crippen molar-refractivity contribution in [1.82, 2.24) is 10.3 Å². The smallest absolute Gasteiger partial charge is 0.120 e. The van der Waals surface area contributed by atoms with Crippen LogP contribution in [0.1, 0.15) is 24.9 Å². The van der Waals surface area contributed by atoms with Crippen molar-refractivity contribution < 1.29 is 4.74 Å². The summed E-state index contributed by atoms with van der Waals surface area (Å²) in [4.78, 5) is 4.59. The molecule has 0 aliphatic rings. The first kappa shape index (κ1) is 11.4. The third-order valence-corrected chi connectivity index (χ3v) is 3.69. The van der Waals surface area contributed by atoms with Crippen LogP contribution < -0.4 is 10.1 Å². The normalized spacial score (nSPS) is 12.9. The second-order valence-electron chi connectivity index (χ2n) is 3.63. The van der Waals surface area contributed by atoms with E-state index in [1.807, 2.05) is 26.1 Å².